The number of azo groups is 1. The second-order valence-electron chi connectivity index (χ2n) is 5.26. The molecule has 0 aliphatic rings. The summed E-state index contributed by atoms with van der Waals surface area (Å²) in [6.45, 7) is 1.97. The molecule has 24 heavy (non-hydrogen) atoms. The summed E-state index contributed by atoms with van der Waals surface area (Å²) in [4.78, 5) is 5.25. The summed E-state index contributed by atoms with van der Waals surface area (Å²) in [7, 11) is 1.60. The van der Waals surface area contributed by atoms with E-state index in [0.717, 1.165) is 22.6 Å². The molecule has 5 nitrogen and oxygen atoms in total. The van der Waals surface area contributed by atoms with Crippen molar-refractivity contribution < 1.29 is 9.57 Å². The van der Waals surface area contributed by atoms with Crippen LogP contribution in [-0.2, 0) is 0 Å². The average molecular weight is 319 g/mol. The van der Waals surface area contributed by atoms with Gasteiger partial charge in [0.05, 0.1) is 5.11 Å². The molecular formula is C19H19N4O+. The van der Waals surface area contributed by atoms with E-state index in [1.54, 1.807) is 18.0 Å². The van der Waals surface area contributed by atoms with Crippen molar-refractivity contribution in [2.24, 2.45) is 10.2 Å². The smallest absolute Gasteiger partial charge is 0.356 e. The molecule has 0 spiro atoms. The Hall–Kier alpha value is -3.21. The first kappa shape index (κ1) is 15.7. The normalized spacial score (nSPS) is 10.8. The zero-order valence-corrected chi connectivity index (χ0v) is 13.7. The molecule has 1 heterocycles. The predicted molar refractivity (Wildman–Crippen MR) is 94.2 cm³/mol. The lowest BCUT2D eigenvalue weighted by Crippen LogP contribution is -2.40. The third-order valence-corrected chi connectivity index (χ3v) is 3.52. The summed E-state index contributed by atoms with van der Waals surface area (Å²) in [5.74, 6) is 0.673. The molecule has 0 amide bonds. The Morgan fingerprint density at radius 3 is 2.25 bits per heavy atom. The highest BCUT2D eigenvalue weighted by Crippen LogP contribution is 2.22. The molecule has 0 aliphatic heterocycles. The monoisotopic (exact) mass is 319 g/mol. The Kier molecular flexibility index (Phi) is 4.81. The van der Waals surface area contributed by atoms with Crippen LogP contribution in [0.4, 0.5) is 22.9 Å². The van der Waals surface area contributed by atoms with Crippen molar-refractivity contribution in [3.63, 3.8) is 0 Å². The van der Waals surface area contributed by atoms with Crippen LogP contribution >= 0.6 is 0 Å². The van der Waals surface area contributed by atoms with Crippen molar-refractivity contribution in [3.8, 4) is 0 Å². The number of hydrogen-bond donors (Lipinski definition) is 1. The van der Waals surface area contributed by atoms with Gasteiger partial charge < -0.3 is 10.2 Å². The third-order valence-electron chi connectivity index (χ3n) is 3.52. The van der Waals surface area contributed by atoms with E-state index in [4.69, 9.17) is 4.84 Å². The van der Waals surface area contributed by atoms with E-state index >= 15 is 0 Å². The van der Waals surface area contributed by atoms with Gasteiger partial charge in [-0.25, -0.2) is 0 Å². The fourth-order valence-electron chi connectivity index (χ4n) is 2.26. The quantitative estimate of drug-likeness (QED) is 0.556. The van der Waals surface area contributed by atoms with Gasteiger partial charge in [0.2, 0.25) is 0 Å². The van der Waals surface area contributed by atoms with Crippen LogP contribution in [0.3, 0.4) is 0 Å². The van der Waals surface area contributed by atoms with Gasteiger partial charge in [0, 0.05) is 16.9 Å². The van der Waals surface area contributed by atoms with Gasteiger partial charge in [-0.05, 0) is 65.3 Å². The predicted octanol–water partition coefficient (Wildman–Crippen LogP) is 4.50. The molecule has 0 fully saturated rings. The average Bonchev–Trinajstić information content (AvgIpc) is 2.62. The second-order valence-corrected chi connectivity index (χ2v) is 5.26. The Morgan fingerprint density at radius 1 is 0.833 bits per heavy atom. The number of pyridine rings is 1. The second kappa shape index (κ2) is 7.37. The fraction of sp³-hybridized carbons (Fsp3) is 0.105. The maximum atomic E-state index is 5.25. The number of nitrogens with zero attached hydrogens (tertiary/aromatic N) is 3. The van der Waals surface area contributed by atoms with E-state index in [-0.39, 0.29) is 0 Å². The first-order valence-corrected chi connectivity index (χ1v) is 7.66. The van der Waals surface area contributed by atoms with E-state index in [9.17, 15) is 0 Å². The van der Waals surface area contributed by atoms with Gasteiger partial charge in [-0.2, -0.15) is 0 Å². The first-order valence-electron chi connectivity index (χ1n) is 7.66. The Morgan fingerprint density at radius 2 is 1.54 bits per heavy atom. The molecule has 0 saturated carbocycles. The van der Waals surface area contributed by atoms with Gasteiger partial charge in [0.25, 0.3) is 0 Å². The van der Waals surface area contributed by atoms with Gasteiger partial charge in [-0.3, -0.25) is 0 Å². The van der Waals surface area contributed by atoms with Crippen molar-refractivity contribution in [2.75, 3.05) is 12.4 Å². The summed E-state index contributed by atoms with van der Waals surface area (Å²) in [5.41, 5.74) is 3.82. The number of hydrogen-bond acceptors (Lipinski definition) is 4. The van der Waals surface area contributed by atoms with Crippen molar-refractivity contribution in [2.45, 2.75) is 6.92 Å². The molecule has 0 bridgehead atoms. The van der Waals surface area contributed by atoms with Crippen molar-refractivity contribution in [1.82, 2.24) is 0 Å². The van der Waals surface area contributed by atoms with Crippen LogP contribution in [0.15, 0.2) is 83.2 Å². The zero-order valence-electron chi connectivity index (χ0n) is 13.7. The van der Waals surface area contributed by atoms with E-state index in [2.05, 4.69) is 15.5 Å². The number of benzene rings is 2. The molecule has 5 heteroatoms. The summed E-state index contributed by atoms with van der Waals surface area (Å²) in [5, 5.41) is 11.9. The van der Waals surface area contributed by atoms with E-state index in [1.807, 2.05) is 73.7 Å². The number of aromatic nitrogens is 1. The maximum absolute atomic E-state index is 5.25. The van der Waals surface area contributed by atoms with Crippen LogP contribution in [0.2, 0.25) is 0 Å². The highest BCUT2D eigenvalue weighted by molar-refractivity contribution is 5.61. The molecule has 0 saturated heterocycles. The highest BCUT2D eigenvalue weighted by atomic mass is 16.6. The summed E-state index contributed by atoms with van der Waals surface area (Å²) < 4.78 is 1.59. The van der Waals surface area contributed by atoms with Crippen LogP contribution in [0.1, 0.15) is 5.56 Å². The molecule has 0 atom stereocenters. The van der Waals surface area contributed by atoms with Crippen molar-refractivity contribution in [3.05, 3.63) is 78.5 Å². The molecule has 0 unspecified atom stereocenters. The van der Waals surface area contributed by atoms with Crippen LogP contribution in [-0.4, -0.2) is 7.11 Å². The Labute approximate surface area is 141 Å². The first-order chi connectivity index (χ1) is 11.8. The topological polar surface area (TPSA) is 49.9 Å². The number of nitrogens with one attached hydrogen (secondary N) is 1. The molecular weight excluding hydrogens is 300 g/mol. The van der Waals surface area contributed by atoms with Crippen molar-refractivity contribution >= 4 is 22.9 Å². The number of rotatable bonds is 5. The van der Waals surface area contributed by atoms with Gasteiger partial charge in [-0.1, -0.05) is 18.2 Å². The SMILES string of the molecule is CO[n+]1cccc(C)c1N=Nc1ccc(Nc2ccccc2)cc1. The number of anilines is 2. The maximum Gasteiger partial charge on any atom is 0.391 e. The minimum Gasteiger partial charge on any atom is -0.356 e. The van der Waals surface area contributed by atoms with Gasteiger partial charge in [-0.15, -0.1) is 0 Å². The zero-order chi connectivity index (χ0) is 16.8. The standard InChI is InChI=1S/C19H18N4O/c1-15-7-6-14-23(24-2)19(15)22-21-18-12-10-17(11-13-18)20-16-8-4-3-5-9-16/h3-14H,1-2H3/p+1. The molecule has 0 aliphatic carbocycles. The lowest BCUT2D eigenvalue weighted by molar-refractivity contribution is -0.875. The van der Waals surface area contributed by atoms with E-state index < -0.39 is 0 Å². The summed E-state index contributed by atoms with van der Waals surface area (Å²) >= 11 is 0. The highest BCUT2D eigenvalue weighted by Gasteiger charge is 2.13. The largest absolute Gasteiger partial charge is 0.391 e. The van der Waals surface area contributed by atoms with Crippen LogP contribution in [0, 0.1) is 6.92 Å². The minimum absolute atomic E-state index is 0.673. The molecule has 3 rings (SSSR count). The molecule has 0 radical (unpaired) electrons. The van der Waals surface area contributed by atoms with Crippen LogP contribution in [0.25, 0.3) is 0 Å². The van der Waals surface area contributed by atoms with Gasteiger partial charge in [0.15, 0.2) is 0 Å². The van der Waals surface area contributed by atoms with Crippen molar-refractivity contribution in [1.29, 1.82) is 0 Å². The third kappa shape index (κ3) is 3.76. The molecule has 120 valence electrons. The van der Waals surface area contributed by atoms with Gasteiger partial charge in [0.1, 0.15) is 19.0 Å². The lowest BCUT2D eigenvalue weighted by atomic mass is 10.2. The van der Waals surface area contributed by atoms with Gasteiger partial charge >= 0.3 is 5.82 Å². The Bertz CT molecular complexity index is 830. The Balaban J connectivity index is 1.75. The van der Waals surface area contributed by atoms with Crippen LogP contribution in [0.5, 0.6) is 0 Å². The van der Waals surface area contributed by atoms with E-state index in [0.29, 0.717) is 5.82 Å². The molecule has 3 aromatic rings. The number of para-hydroxylation sites is 1. The number of aryl methyl sites for hydroxylation is 1. The minimum atomic E-state index is 0.673. The molecule has 1 N–H and O–H groups in total. The van der Waals surface area contributed by atoms with Crippen LogP contribution < -0.4 is 14.9 Å². The molecule has 1 aromatic heterocycles. The fourth-order valence-corrected chi connectivity index (χ4v) is 2.26. The molecule has 2 aromatic carbocycles. The summed E-state index contributed by atoms with van der Waals surface area (Å²) in [6, 6.07) is 21.7. The summed E-state index contributed by atoms with van der Waals surface area (Å²) in [6.07, 6.45) is 1.80. The lowest BCUT2D eigenvalue weighted by Gasteiger charge is -2.05. The van der Waals surface area contributed by atoms with E-state index in [1.165, 1.54) is 0 Å².